The summed E-state index contributed by atoms with van der Waals surface area (Å²) in [5.41, 5.74) is 3.28. The smallest absolute Gasteiger partial charge is 0.246 e. The first-order valence-electron chi connectivity index (χ1n) is 6.92. The number of halogens is 1. The number of nitrogens with zero attached hydrogens (tertiary/aromatic N) is 1. The quantitative estimate of drug-likeness (QED) is 0.756. The van der Waals surface area contributed by atoms with Crippen molar-refractivity contribution in [3.05, 3.63) is 62.3 Å². The number of amides is 1. The molecule has 1 aliphatic heterocycles. The maximum atomic E-state index is 12.3. The molecular formula is C17H16ClNOS. The minimum atomic E-state index is 0.0588. The summed E-state index contributed by atoms with van der Waals surface area (Å²) in [6.45, 7) is 3.48. The Morgan fingerprint density at radius 2 is 2.24 bits per heavy atom. The van der Waals surface area contributed by atoms with Crippen LogP contribution < -0.4 is 0 Å². The third kappa shape index (κ3) is 3.20. The van der Waals surface area contributed by atoms with Crippen molar-refractivity contribution in [2.75, 3.05) is 6.54 Å². The average molecular weight is 318 g/mol. The zero-order valence-electron chi connectivity index (χ0n) is 11.8. The second-order valence-electron chi connectivity index (χ2n) is 5.22. The standard InChI is InChI=1S/C17H16ClNOS/c1-12-2-3-13(10-15(12)18)4-5-17(20)19-8-6-16-14(11-19)7-9-21-16/h2-5,7,9-10H,6,8,11H2,1H3/b5-4+. The van der Waals surface area contributed by atoms with E-state index >= 15 is 0 Å². The lowest BCUT2D eigenvalue weighted by molar-refractivity contribution is -0.126. The maximum absolute atomic E-state index is 12.3. The largest absolute Gasteiger partial charge is 0.334 e. The van der Waals surface area contributed by atoms with Gasteiger partial charge in [-0.3, -0.25) is 4.79 Å². The van der Waals surface area contributed by atoms with Gasteiger partial charge in [0.1, 0.15) is 0 Å². The molecule has 1 aliphatic rings. The molecule has 1 aromatic heterocycles. The van der Waals surface area contributed by atoms with Crippen molar-refractivity contribution in [3.8, 4) is 0 Å². The lowest BCUT2D eigenvalue weighted by Gasteiger charge is -2.25. The van der Waals surface area contributed by atoms with Crippen molar-refractivity contribution in [2.24, 2.45) is 0 Å². The fourth-order valence-electron chi connectivity index (χ4n) is 2.42. The fraction of sp³-hybridized carbons (Fsp3) is 0.235. The summed E-state index contributed by atoms with van der Waals surface area (Å²) < 4.78 is 0. The number of hydrogen-bond acceptors (Lipinski definition) is 2. The molecule has 0 saturated heterocycles. The van der Waals surface area contributed by atoms with Gasteiger partial charge in [-0.05, 0) is 53.6 Å². The van der Waals surface area contributed by atoms with Crippen LogP contribution in [-0.4, -0.2) is 17.4 Å². The molecule has 0 bridgehead atoms. The van der Waals surface area contributed by atoms with Gasteiger partial charge in [0.15, 0.2) is 0 Å². The molecule has 0 atom stereocenters. The highest BCUT2D eigenvalue weighted by atomic mass is 35.5. The first kappa shape index (κ1) is 14.4. The van der Waals surface area contributed by atoms with E-state index < -0.39 is 0 Å². The van der Waals surface area contributed by atoms with Gasteiger partial charge in [-0.25, -0.2) is 0 Å². The Labute approximate surface area is 133 Å². The van der Waals surface area contributed by atoms with Gasteiger partial charge in [-0.15, -0.1) is 11.3 Å². The van der Waals surface area contributed by atoms with E-state index in [9.17, 15) is 4.79 Å². The number of aryl methyl sites for hydroxylation is 1. The van der Waals surface area contributed by atoms with Gasteiger partial charge in [-0.1, -0.05) is 23.7 Å². The summed E-state index contributed by atoms with van der Waals surface area (Å²) >= 11 is 7.88. The van der Waals surface area contributed by atoms with Crippen molar-refractivity contribution in [1.82, 2.24) is 4.90 Å². The van der Waals surface area contributed by atoms with Crippen LogP contribution in [0.3, 0.4) is 0 Å². The van der Waals surface area contributed by atoms with Crippen molar-refractivity contribution < 1.29 is 4.79 Å². The zero-order chi connectivity index (χ0) is 14.8. The van der Waals surface area contributed by atoms with Gasteiger partial charge in [0.2, 0.25) is 5.91 Å². The van der Waals surface area contributed by atoms with Crippen molar-refractivity contribution in [1.29, 1.82) is 0 Å². The van der Waals surface area contributed by atoms with Crippen LogP contribution in [0.2, 0.25) is 5.02 Å². The van der Waals surface area contributed by atoms with E-state index in [0.717, 1.165) is 35.7 Å². The Morgan fingerprint density at radius 1 is 1.38 bits per heavy atom. The van der Waals surface area contributed by atoms with Crippen LogP contribution in [0.15, 0.2) is 35.7 Å². The van der Waals surface area contributed by atoms with Crippen molar-refractivity contribution in [3.63, 3.8) is 0 Å². The maximum Gasteiger partial charge on any atom is 0.246 e. The molecule has 1 aromatic carbocycles. The zero-order valence-corrected chi connectivity index (χ0v) is 13.4. The monoisotopic (exact) mass is 317 g/mol. The second-order valence-corrected chi connectivity index (χ2v) is 6.63. The van der Waals surface area contributed by atoms with Crippen LogP contribution in [0.25, 0.3) is 6.08 Å². The Morgan fingerprint density at radius 3 is 3.05 bits per heavy atom. The number of hydrogen-bond donors (Lipinski definition) is 0. The molecular weight excluding hydrogens is 302 g/mol. The Hall–Kier alpha value is -1.58. The summed E-state index contributed by atoms with van der Waals surface area (Å²) in [6, 6.07) is 7.93. The average Bonchev–Trinajstić information content (AvgIpc) is 2.95. The molecule has 0 spiro atoms. The topological polar surface area (TPSA) is 20.3 Å². The van der Waals surface area contributed by atoms with Gasteiger partial charge >= 0.3 is 0 Å². The molecule has 0 unspecified atom stereocenters. The fourth-order valence-corrected chi connectivity index (χ4v) is 3.50. The van der Waals surface area contributed by atoms with Crippen LogP contribution >= 0.6 is 22.9 Å². The SMILES string of the molecule is Cc1ccc(/C=C/C(=O)N2CCc3sccc3C2)cc1Cl. The molecule has 1 amide bonds. The minimum absolute atomic E-state index is 0.0588. The Bertz CT molecular complexity index is 705. The van der Waals surface area contributed by atoms with E-state index in [2.05, 4.69) is 11.4 Å². The first-order chi connectivity index (χ1) is 10.1. The van der Waals surface area contributed by atoms with Crippen LogP contribution in [0.4, 0.5) is 0 Å². The molecule has 0 N–H and O–H groups in total. The summed E-state index contributed by atoms with van der Waals surface area (Å²) in [5.74, 6) is 0.0588. The number of thiophene rings is 1. The number of benzene rings is 1. The van der Waals surface area contributed by atoms with Gasteiger partial charge < -0.3 is 4.90 Å². The van der Waals surface area contributed by atoms with Gasteiger partial charge in [-0.2, -0.15) is 0 Å². The lowest BCUT2D eigenvalue weighted by Crippen LogP contribution is -2.34. The number of carbonyl (C=O) groups is 1. The summed E-state index contributed by atoms with van der Waals surface area (Å²) in [6.07, 6.45) is 4.43. The number of fused-ring (bicyclic) bond motifs is 1. The predicted octanol–water partition coefficient (Wildman–Crippen LogP) is 4.31. The van der Waals surface area contributed by atoms with Crippen LogP contribution in [-0.2, 0) is 17.8 Å². The molecule has 0 radical (unpaired) electrons. The molecule has 0 aliphatic carbocycles. The molecule has 2 heterocycles. The van der Waals surface area contributed by atoms with E-state index in [4.69, 9.17) is 11.6 Å². The predicted molar refractivity (Wildman–Crippen MR) is 88.7 cm³/mol. The highest BCUT2D eigenvalue weighted by Gasteiger charge is 2.19. The van der Waals surface area contributed by atoms with Gasteiger partial charge in [0.05, 0.1) is 0 Å². The minimum Gasteiger partial charge on any atom is -0.334 e. The van der Waals surface area contributed by atoms with Gasteiger partial charge in [0, 0.05) is 29.1 Å². The third-order valence-electron chi connectivity index (χ3n) is 3.73. The highest BCUT2D eigenvalue weighted by Crippen LogP contribution is 2.24. The Balaban J connectivity index is 1.69. The van der Waals surface area contributed by atoms with Crippen LogP contribution in [0, 0.1) is 6.92 Å². The van der Waals surface area contributed by atoms with E-state index in [1.54, 1.807) is 17.4 Å². The molecule has 2 aromatic rings. The highest BCUT2D eigenvalue weighted by molar-refractivity contribution is 7.10. The van der Waals surface area contributed by atoms with E-state index in [-0.39, 0.29) is 5.91 Å². The summed E-state index contributed by atoms with van der Waals surface area (Å²) in [5, 5.41) is 2.83. The normalized spacial score (nSPS) is 14.5. The Kier molecular flexibility index (Phi) is 4.13. The van der Waals surface area contributed by atoms with E-state index in [1.165, 1.54) is 10.4 Å². The third-order valence-corrected chi connectivity index (χ3v) is 5.16. The summed E-state index contributed by atoms with van der Waals surface area (Å²) in [4.78, 5) is 15.6. The number of carbonyl (C=O) groups excluding carboxylic acids is 1. The lowest BCUT2D eigenvalue weighted by atomic mass is 10.1. The van der Waals surface area contributed by atoms with Crippen molar-refractivity contribution >= 4 is 34.9 Å². The molecule has 4 heteroatoms. The van der Waals surface area contributed by atoms with Crippen LogP contribution in [0.5, 0.6) is 0 Å². The molecule has 0 fully saturated rings. The van der Waals surface area contributed by atoms with E-state index in [1.807, 2.05) is 36.1 Å². The molecule has 3 rings (SSSR count). The summed E-state index contributed by atoms with van der Waals surface area (Å²) in [7, 11) is 0. The first-order valence-corrected chi connectivity index (χ1v) is 8.17. The van der Waals surface area contributed by atoms with Gasteiger partial charge in [0.25, 0.3) is 0 Å². The number of rotatable bonds is 2. The van der Waals surface area contributed by atoms with Crippen molar-refractivity contribution in [2.45, 2.75) is 19.9 Å². The second kappa shape index (κ2) is 6.04. The van der Waals surface area contributed by atoms with E-state index in [0.29, 0.717) is 0 Å². The molecule has 0 saturated carbocycles. The molecule has 2 nitrogen and oxygen atoms in total. The van der Waals surface area contributed by atoms with Crippen LogP contribution in [0.1, 0.15) is 21.6 Å². The molecule has 108 valence electrons. The molecule has 21 heavy (non-hydrogen) atoms.